The molecule has 2 aromatic heterocycles. The summed E-state index contributed by atoms with van der Waals surface area (Å²) in [5.74, 6) is 0.0404. The van der Waals surface area contributed by atoms with Gasteiger partial charge in [0.2, 0.25) is 5.91 Å². The number of nitrogens with one attached hydrogen (secondary N) is 3. The number of imidazole rings is 1. The van der Waals surface area contributed by atoms with Crippen LogP contribution in [0, 0.1) is 0 Å². The van der Waals surface area contributed by atoms with E-state index in [9.17, 15) is 14.4 Å². The quantitative estimate of drug-likeness (QED) is 0.114. The van der Waals surface area contributed by atoms with Crippen molar-refractivity contribution >= 4 is 28.8 Å². The second-order valence-corrected chi connectivity index (χ2v) is 10.4. The standard InChI is InChI=1S/C31H47N7O7/c1-3-5-17-45-30-36-27(32)26-28(37-30)38(31(41)35-26)22-23-9-11-24(12-10-23)29(40)34-14-7-16-43-19-21-44-20-18-42-15-6-13-33-25(39)8-4-2/h9-12H,3-8,13-22H2,1-2H3,(H,33,39)(H,34,40)(H,35,41)(H2,32,36,37). The molecule has 0 aliphatic carbocycles. The highest BCUT2D eigenvalue weighted by atomic mass is 16.5. The molecule has 14 heteroatoms. The van der Waals surface area contributed by atoms with E-state index in [1.165, 1.54) is 4.57 Å². The Morgan fingerprint density at radius 1 is 0.844 bits per heavy atom. The van der Waals surface area contributed by atoms with Crippen LogP contribution in [0.2, 0.25) is 0 Å². The molecule has 0 aliphatic rings. The Labute approximate surface area is 263 Å². The number of nitrogens with two attached hydrogens (primary N) is 1. The minimum Gasteiger partial charge on any atom is -0.463 e. The van der Waals surface area contributed by atoms with Gasteiger partial charge in [-0.1, -0.05) is 32.4 Å². The lowest BCUT2D eigenvalue weighted by atomic mass is 10.1. The van der Waals surface area contributed by atoms with E-state index >= 15 is 0 Å². The topological polar surface area (TPSA) is 185 Å². The molecule has 0 atom stereocenters. The number of fused-ring (bicyclic) bond motifs is 1. The summed E-state index contributed by atoms with van der Waals surface area (Å²) >= 11 is 0. The number of hydrogen-bond acceptors (Lipinski definition) is 10. The first kappa shape index (κ1) is 35.5. The van der Waals surface area contributed by atoms with Gasteiger partial charge in [0, 0.05) is 38.3 Å². The van der Waals surface area contributed by atoms with Gasteiger partial charge in [0.15, 0.2) is 11.5 Å². The second kappa shape index (κ2) is 20.1. The van der Waals surface area contributed by atoms with Crippen LogP contribution >= 0.6 is 0 Å². The number of nitrogen functional groups attached to an aromatic ring is 1. The number of amides is 2. The minimum atomic E-state index is -0.362. The third-order valence-electron chi connectivity index (χ3n) is 6.68. The van der Waals surface area contributed by atoms with Crippen molar-refractivity contribution in [2.24, 2.45) is 0 Å². The van der Waals surface area contributed by atoms with Gasteiger partial charge in [0.1, 0.15) is 5.52 Å². The first-order valence-electron chi connectivity index (χ1n) is 15.7. The van der Waals surface area contributed by atoms with Crippen LogP contribution in [0.15, 0.2) is 29.1 Å². The number of ether oxygens (including phenoxy) is 4. The molecule has 2 heterocycles. The molecule has 0 unspecified atom stereocenters. The summed E-state index contributed by atoms with van der Waals surface area (Å²) in [4.78, 5) is 47.8. The van der Waals surface area contributed by atoms with Gasteiger partial charge in [-0.2, -0.15) is 9.97 Å². The van der Waals surface area contributed by atoms with Gasteiger partial charge in [0.05, 0.1) is 39.6 Å². The van der Waals surface area contributed by atoms with Crippen LogP contribution in [0.1, 0.15) is 68.3 Å². The SMILES string of the molecule is CCCCOc1nc(N)c2[nH]c(=O)n(Cc3ccc(C(=O)NCCCOCCOCCOCCCNC(=O)CCC)cc3)c2n1. The summed E-state index contributed by atoms with van der Waals surface area (Å²) in [5, 5.41) is 5.74. The number of benzene rings is 1. The fraction of sp³-hybridized carbons (Fsp3) is 0.581. The highest BCUT2D eigenvalue weighted by Gasteiger charge is 2.15. The van der Waals surface area contributed by atoms with Crippen molar-refractivity contribution in [1.82, 2.24) is 30.2 Å². The van der Waals surface area contributed by atoms with Gasteiger partial charge in [-0.15, -0.1) is 0 Å². The summed E-state index contributed by atoms with van der Waals surface area (Å²) in [5.41, 5.74) is 7.72. The van der Waals surface area contributed by atoms with Crippen LogP contribution in [-0.4, -0.2) is 90.7 Å². The van der Waals surface area contributed by atoms with Crippen LogP contribution < -0.4 is 26.8 Å². The maximum Gasteiger partial charge on any atom is 0.328 e. The summed E-state index contributed by atoms with van der Waals surface area (Å²) in [6.07, 6.45) is 4.67. The highest BCUT2D eigenvalue weighted by molar-refractivity contribution is 5.94. The molecule has 1 aromatic carbocycles. The Kier molecular flexibility index (Phi) is 15.8. The number of carbonyl (C=O) groups excluding carboxylic acids is 2. The molecule has 0 fully saturated rings. The number of rotatable bonds is 23. The van der Waals surface area contributed by atoms with Crippen molar-refractivity contribution < 1.29 is 28.5 Å². The Hall–Kier alpha value is -4.01. The Morgan fingerprint density at radius 3 is 2.13 bits per heavy atom. The van der Waals surface area contributed by atoms with Crippen LogP contribution in [0.5, 0.6) is 6.01 Å². The summed E-state index contributed by atoms with van der Waals surface area (Å²) < 4.78 is 23.6. The first-order chi connectivity index (χ1) is 21.9. The predicted octanol–water partition coefficient (Wildman–Crippen LogP) is 2.41. The number of aromatic amines is 1. The van der Waals surface area contributed by atoms with Gasteiger partial charge in [0.25, 0.3) is 5.91 Å². The molecule has 45 heavy (non-hydrogen) atoms. The van der Waals surface area contributed by atoms with Crippen molar-refractivity contribution in [2.45, 2.75) is 58.9 Å². The van der Waals surface area contributed by atoms with Gasteiger partial charge in [-0.3, -0.25) is 14.2 Å². The van der Waals surface area contributed by atoms with E-state index in [2.05, 4.69) is 32.5 Å². The Balaban J connectivity index is 1.28. The molecule has 0 bridgehead atoms. The van der Waals surface area contributed by atoms with E-state index in [-0.39, 0.29) is 35.9 Å². The maximum atomic E-state index is 12.6. The molecule has 0 radical (unpaired) electrons. The fourth-order valence-corrected chi connectivity index (χ4v) is 4.23. The van der Waals surface area contributed by atoms with E-state index in [4.69, 9.17) is 24.7 Å². The number of carbonyl (C=O) groups is 2. The van der Waals surface area contributed by atoms with Crippen molar-refractivity contribution in [1.29, 1.82) is 0 Å². The minimum absolute atomic E-state index is 0.0825. The largest absolute Gasteiger partial charge is 0.463 e. The third kappa shape index (κ3) is 12.5. The smallest absolute Gasteiger partial charge is 0.328 e. The van der Waals surface area contributed by atoms with Gasteiger partial charge < -0.3 is 40.3 Å². The van der Waals surface area contributed by atoms with Crippen molar-refractivity contribution in [3.63, 3.8) is 0 Å². The zero-order valence-electron chi connectivity index (χ0n) is 26.4. The molecule has 0 spiro atoms. The zero-order valence-corrected chi connectivity index (χ0v) is 26.4. The monoisotopic (exact) mass is 629 g/mol. The number of H-pyrrole nitrogens is 1. The third-order valence-corrected chi connectivity index (χ3v) is 6.68. The van der Waals surface area contributed by atoms with Crippen molar-refractivity contribution in [2.75, 3.05) is 65.1 Å². The van der Waals surface area contributed by atoms with Crippen molar-refractivity contribution in [3.05, 3.63) is 45.9 Å². The number of hydrogen-bond donors (Lipinski definition) is 4. The van der Waals surface area contributed by atoms with Crippen LogP contribution in [0.3, 0.4) is 0 Å². The average Bonchev–Trinajstić information content (AvgIpc) is 3.34. The lowest BCUT2D eigenvalue weighted by Crippen LogP contribution is -2.25. The number of nitrogens with zero attached hydrogens (tertiary/aromatic N) is 3. The highest BCUT2D eigenvalue weighted by Crippen LogP contribution is 2.19. The fourth-order valence-electron chi connectivity index (χ4n) is 4.23. The van der Waals surface area contributed by atoms with E-state index in [0.717, 1.165) is 31.2 Å². The predicted molar refractivity (Wildman–Crippen MR) is 170 cm³/mol. The Morgan fingerprint density at radius 2 is 1.49 bits per heavy atom. The summed E-state index contributed by atoms with van der Waals surface area (Å²) in [6.45, 7) is 8.82. The number of unbranched alkanes of at least 4 members (excludes halogenated alkanes) is 1. The molecule has 0 saturated heterocycles. The maximum absolute atomic E-state index is 12.6. The van der Waals surface area contributed by atoms with E-state index in [0.29, 0.717) is 88.9 Å². The van der Waals surface area contributed by atoms with Gasteiger partial charge >= 0.3 is 11.7 Å². The number of anilines is 1. The first-order valence-corrected chi connectivity index (χ1v) is 15.7. The van der Waals surface area contributed by atoms with E-state index in [1.54, 1.807) is 24.3 Å². The molecule has 3 aromatic rings. The van der Waals surface area contributed by atoms with E-state index in [1.807, 2.05) is 6.92 Å². The molecule has 0 saturated carbocycles. The molecular formula is C31H47N7O7. The molecule has 248 valence electrons. The molecule has 14 nitrogen and oxygen atoms in total. The summed E-state index contributed by atoms with van der Waals surface area (Å²) in [6, 6.07) is 7.16. The zero-order chi connectivity index (χ0) is 32.3. The lowest BCUT2D eigenvalue weighted by molar-refractivity contribution is -0.121. The number of aromatic nitrogens is 4. The Bertz CT molecular complexity index is 1380. The van der Waals surface area contributed by atoms with Gasteiger partial charge in [-0.05, 0) is 43.4 Å². The lowest BCUT2D eigenvalue weighted by Gasteiger charge is -2.09. The van der Waals surface area contributed by atoms with E-state index < -0.39 is 0 Å². The van der Waals surface area contributed by atoms with Crippen molar-refractivity contribution in [3.8, 4) is 6.01 Å². The molecule has 5 N–H and O–H groups in total. The summed E-state index contributed by atoms with van der Waals surface area (Å²) in [7, 11) is 0. The normalized spacial score (nSPS) is 11.2. The van der Waals surface area contributed by atoms with Crippen LogP contribution in [0.25, 0.3) is 11.2 Å². The second-order valence-electron chi connectivity index (χ2n) is 10.4. The van der Waals surface area contributed by atoms with Gasteiger partial charge in [-0.25, -0.2) is 4.79 Å². The molecule has 0 aliphatic heterocycles. The molecular weight excluding hydrogens is 582 g/mol. The van der Waals surface area contributed by atoms with Crippen LogP contribution in [0.4, 0.5) is 5.82 Å². The van der Waals surface area contributed by atoms with Crippen LogP contribution in [-0.2, 0) is 25.5 Å². The molecule has 3 rings (SSSR count). The molecule has 2 amide bonds. The average molecular weight is 630 g/mol.